The van der Waals surface area contributed by atoms with Gasteiger partial charge in [-0.2, -0.15) is 0 Å². The Morgan fingerprint density at radius 3 is 2.41 bits per heavy atom. The standard InChI is InChI=1S/C21H21N2O4/c1-4-27-21(24)19-15(14-9-10-17(25-2)18(11-14)26-3)12-16(23-20(19)22)13-7-5-6-8-13/h5-12H,4H2,1-3H3,(H2,22,23). The molecule has 0 aliphatic heterocycles. The van der Waals surface area contributed by atoms with Gasteiger partial charge in [0.2, 0.25) is 0 Å². The van der Waals surface area contributed by atoms with Crippen LogP contribution in [0.1, 0.15) is 23.0 Å². The molecule has 2 aromatic rings. The summed E-state index contributed by atoms with van der Waals surface area (Å²) >= 11 is 0. The zero-order valence-corrected chi connectivity index (χ0v) is 15.5. The zero-order chi connectivity index (χ0) is 19.4. The largest absolute Gasteiger partial charge is 0.493 e. The lowest BCUT2D eigenvalue weighted by atomic mass is 9.95. The Morgan fingerprint density at radius 1 is 1.07 bits per heavy atom. The number of esters is 1. The summed E-state index contributed by atoms with van der Waals surface area (Å²) in [5, 5.41) is 0. The molecule has 2 N–H and O–H groups in total. The Labute approximate surface area is 159 Å². The molecule has 5 radical (unpaired) electrons. The van der Waals surface area contributed by atoms with Crippen LogP contribution in [-0.2, 0) is 4.74 Å². The van der Waals surface area contributed by atoms with E-state index in [4.69, 9.17) is 19.9 Å². The van der Waals surface area contributed by atoms with Gasteiger partial charge in [0.15, 0.2) is 11.5 Å². The second-order valence-electron chi connectivity index (χ2n) is 5.78. The van der Waals surface area contributed by atoms with E-state index >= 15 is 0 Å². The van der Waals surface area contributed by atoms with E-state index in [2.05, 4.69) is 4.98 Å². The van der Waals surface area contributed by atoms with Gasteiger partial charge < -0.3 is 19.9 Å². The number of ether oxygens (including phenoxy) is 3. The van der Waals surface area contributed by atoms with Crippen LogP contribution < -0.4 is 15.2 Å². The normalized spacial score (nSPS) is 14.2. The molecule has 1 heterocycles. The van der Waals surface area contributed by atoms with Crippen LogP contribution in [0.5, 0.6) is 11.5 Å². The highest BCUT2D eigenvalue weighted by molar-refractivity contribution is 6.02. The molecule has 1 aromatic carbocycles. The number of hydrogen-bond donors (Lipinski definition) is 1. The van der Waals surface area contributed by atoms with Crippen molar-refractivity contribution < 1.29 is 19.0 Å². The van der Waals surface area contributed by atoms with E-state index in [1.165, 1.54) is 0 Å². The summed E-state index contributed by atoms with van der Waals surface area (Å²) in [5.41, 5.74) is 8.44. The highest BCUT2D eigenvalue weighted by Gasteiger charge is 2.26. The number of rotatable bonds is 6. The van der Waals surface area contributed by atoms with Crippen molar-refractivity contribution in [1.82, 2.24) is 4.98 Å². The summed E-state index contributed by atoms with van der Waals surface area (Å²) in [7, 11) is 3.13. The van der Waals surface area contributed by atoms with Crippen molar-refractivity contribution in [2.75, 3.05) is 26.6 Å². The van der Waals surface area contributed by atoms with Gasteiger partial charge in [-0.05, 0) is 56.4 Å². The molecule has 0 spiro atoms. The lowest BCUT2D eigenvalue weighted by Crippen LogP contribution is -2.13. The molecule has 0 amide bonds. The average Bonchev–Trinajstić information content (AvgIpc) is 3.21. The zero-order valence-electron chi connectivity index (χ0n) is 15.5. The monoisotopic (exact) mass is 365 g/mol. The second-order valence-corrected chi connectivity index (χ2v) is 5.78. The first kappa shape index (κ1) is 19.0. The second kappa shape index (κ2) is 8.29. The number of methoxy groups -OCH3 is 2. The van der Waals surface area contributed by atoms with Crippen molar-refractivity contribution in [3.8, 4) is 22.6 Å². The Kier molecular flexibility index (Phi) is 5.84. The first-order valence-electron chi connectivity index (χ1n) is 8.51. The third kappa shape index (κ3) is 3.84. The van der Waals surface area contributed by atoms with Crippen LogP contribution in [0, 0.1) is 31.6 Å². The van der Waals surface area contributed by atoms with Crippen LogP contribution in [0.3, 0.4) is 0 Å². The Balaban J connectivity index is 2.16. The third-order valence-electron chi connectivity index (χ3n) is 4.18. The number of benzene rings is 1. The predicted octanol–water partition coefficient (Wildman–Crippen LogP) is 3.28. The molecule has 6 heteroatoms. The van der Waals surface area contributed by atoms with Gasteiger partial charge in [-0.15, -0.1) is 0 Å². The number of nitrogens with zero attached hydrogens (tertiary/aromatic N) is 1. The SMILES string of the molecule is CCOC(=O)c1c(-c2ccc(OC)c(OC)c2)cc([C]2[CH][CH][CH][CH]2)nc1N. The van der Waals surface area contributed by atoms with Gasteiger partial charge in [-0.1, -0.05) is 6.07 Å². The van der Waals surface area contributed by atoms with Gasteiger partial charge in [-0.25, -0.2) is 9.78 Å². The molecule has 27 heavy (non-hydrogen) atoms. The topological polar surface area (TPSA) is 83.7 Å². The summed E-state index contributed by atoms with van der Waals surface area (Å²) < 4.78 is 15.9. The minimum absolute atomic E-state index is 0.122. The Morgan fingerprint density at radius 2 is 1.78 bits per heavy atom. The van der Waals surface area contributed by atoms with Crippen molar-refractivity contribution >= 4 is 11.8 Å². The van der Waals surface area contributed by atoms with E-state index in [-0.39, 0.29) is 18.0 Å². The number of hydrogen-bond acceptors (Lipinski definition) is 6. The van der Waals surface area contributed by atoms with Crippen LogP contribution in [0.4, 0.5) is 5.82 Å². The van der Waals surface area contributed by atoms with Gasteiger partial charge in [-0.3, -0.25) is 0 Å². The number of aromatic nitrogens is 1. The molecule has 3 rings (SSSR count). The van der Waals surface area contributed by atoms with E-state index in [1.54, 1.807) is 33.3 Å². The molecule has 0 atom stereocenters. The highest BCUT2D eigenvalue weighted by atomic mass is 16.5. The fourth-order valence-electron chi connectivity index (χ4n) is 2.91. The maximum absolute atomic E-state index is 12.5. The number of carbonyl (C=O) groups excluding carboxylic acids is 1. The third-order valence-corrected chi connectivity index (χ3v) is 4.18. The lowest BCUT2D eigenvalue weighted by molar-refractivity contribution is 0.0528. The lowest BCUT2D eigenvalue weighted by Gasteiger charge is -2.17. The summed E-state index contributed by atoms with van der Waals surface area (Å²) in [5.74, 6) is 1.67. The number of nitrogen functional groups attached to an aromatic ring is 1. The summed E-state index contributed by atoms with van der Waals surface area (Å²) in [4.78, 5) is 16.9. The van der Waals surface area contributed by atoms with Gasteiger partial charge in [0, 0.05) is 11.5 Å². The Hall–Kier alpha value is -2.76. The average molecular weight is 365 g/mol. The van der Waals surface area contributed by atoms with Crippen LogP contribution in [-0.4, -0.2) is 31.8 Å². The van der Waals surface area contributed by atoms with Crippen molar-refractivity contribution in [3.05, 3.63) is 67.1 Å². The van der Waals surface area contributed by atoms with Crippen molar-refractivity contribution in [1.29, 1.82) is 0 Å². The predicted molar refractivity (Wildman–Crippen MR) is 103 cm³/mol. The maximum Gasteiger partial charge on any atom is 0.342 e. The number of pyridine rings is 1. The molecule has 6 nitrogen and oxygen atoms in total. The van der Waals surface area contributed by atoms with Gasteiger partial charge >= 0.3 is 5.97 Å². The van der Waals surface area contributed by atoms with Crippen LogP contribution in [0.25, 0.3) is 11.1 Å². The molecular formula is C21H21N2O4. The first-order valence-corrected chi connectivity index (χ1v) is 8.51. The van der Waals surface area contributed by atoms with Crippen LogP contribution in [0.2, 0.25) is 0 Å². The van der Waals surface area contributed by atoms with Crippen molar-refractivity contribution in [2.24, 2.45) is 0 Å². The van der Waals surface area contributed by atoms with Gasteiger partial charge in [0.25, 0.3) is 0 Å². The van der Waals surface area contributed by atoms with Crippen molar-refractivity contribution in [3.63, 3.8) is 0 Å². The molecule has 0 unspecified atom stereocenters. The smallest absolute Gasteiger partial charge is 0.342 e. The molecule has 1 aliphatic carbocycles. The fourth-order valence-corrected chi connectivity index (χ4v) is 2.91. The van der Waals surface area contributed by atoms with Crippen LogP contribution >= 0.6 is 0 Å². The van der Waals surface area contributed by atoms with E-state index in [0.29, 0.717) is 22.8 Å². The molecule has 1 fully saturated rings. The molecular weight excluding hydrogens is 344 g/mol. The van der Waals surface area contributed by atoms with E-state index in [0.717, 1.165) is 11.5 Å². The number of carbonyl (C=O) groups is 1. The number of nitrogens with two attached hydrogens (primary N) is 1. The van der Waals surface area contributed by atoms with E-state index in [9.17, 15) is 4.79 Å². The highest BCUT2D eigenvalue weighted by Crippen LogP contribution is 2.38. The first-order chi connectivity index (χ1) is 13.1. The van der Waals surface area contributed by atoms with Gasteiger partial charge in [0.1, 0.15) is 11.4 Å². The molecule has 1 saturated carbocycles. The summed E-state index contributed by atoms with van der Waals surface area (Å²) in [6.07, 6.45) is 7.71. The molecule has 139 valence electrons. The fraction of sp³-hybridized carbons (Fsp3) is 0.190. The Bertz CT molecular complexity index is 829. The van der Waals surface area contributed by atoms with Crippen molar-refractivity contribution in [2.45, 2.75) is 6.92 Å². The summed E-state index contributed by atoms with van der Waals surface area (Å²) in [6.45, 7) is 1.99. The molecule has 0 saturated heterocycles. The summed E-state index contributed by atoms with van der Waals surface area (Å²) in [6, 6.07) is 7.25. The van der Waals surface area contributed by atoms with E-state index < -0.39 is 5.97 Å². The molecule has 1 aromatic heterocycles. The molecule has 0 bridgehead atoms. The quantitative estimate of drug-likeness (QED) is 0.791. The molecule has 1 aliphatic rings. The van der Waals surface area contributed by atoms with E-state index in [1.807, 2.05) is 37.8 Å². The van der Waals surface area contributed by atoms with Crippen LogP contribution in [0.15, 0.2) is 24.3 Å². The van der Waals surface area contributed by atoms with Gasteiger partial charge in [0.05, 0.1) is 26.5 Å². The number of anilines is 1. The maximum atomic E-state index is 12.5. The minimum atomic E-state index is -0.513. The minimum Gasteiger partial charge on any atom is -0.493 e.